The molecule has 0 saturated carbocycles. The van der Waals surface area contributed by atoms with Crippen LogP contribution in [0.5, 0.6) is 0 Å². The van der Waals surface area contributed by atoms with Crippen LogP contribution in [-0.2, 0) is 0 Å². The molecule has 0 aromatic heterocycles. The molecule has 0 amide bonds. The molecule has 0 aromatic rings. The quantitative estimate of drug-likeness (QED) is 0.587. The summed E-state index contributed by atoms with van der Waals surface area (Å²) in [7, 11) is 0. The van der Waals surface area contributed by atoms with Gasteiger partial charge in [-0.15, -0.1) is 0 Å². The molecule has 58 valence electrons. The third kappa shape index (κ3) is 2.42. The van der Waals surface area contributed by atoms with Gasteiger partial charge < -0.3 is 5.32 Å². The van der Waals surface area contributed by atoms with Crippen molar-refractivity contribution in [2.45, 2.75) is 27.2 Å². The van der Waals surface area contributed by atoms with E-state index in [1.165, 1.54) is 6.42 Å². The van der Waals surface area contributed by atoms with E-state index in [0.717, 1.165) is 12.5 Å². The van der Waals surface area contributed by atoms with Gasteiger partial charge in [-0.3, -0.25) is 0 Å². The Morgan fingerprint density at radius 1 is 1.50 bits per heavy atom. The molecule has 1 rings (SSSR count). The van der Waals surface area contributed by atoms with Crippen molar-refractivity contribution in [2.75, 3.05) is 6.54 Å². The van der Waals surface area contributed by atoms with E-state index in [2.05, 4.69) is 38.4 Å². The van der Waals surface area contributed by atoms with Crippen LogP contribution in [0.15, 0.2) is 12.3 Å². The number of hydrogen-bond donors (Lipinski definition) is 1. The van der Waals surface area contributed by atoms with E-state index >= 15 is 0 Å². The lowest BCUT2D eigenvalue weighted by atomic mass is 9.85. The van der Waals surface area contributed by atoms with Gasteiger partial charge in [0.25, 0.3) is 0 Å². The molecule has 1 atom stereocenters. The summed E-state index contributed by atoms with van der Waals surface area (Å²) in [4.78, 5) is 0. The van der Waals surface area contributed by atoms with Gasteiger partial charge in [-0.05, 0) is 24.0 Å². The molecule has 1 heterocycles. The lowest BCUT2D eigenvalue weighted by molar-refractivity contribution is 0.330. The average Bonchev–Trinajstić information content (AvgIpc) is 2.12. The minimum Gasteiger partial charge on any atom is -0.391 e. The molecule has 0 aliphatic carbocycles. The molecule has 1 nitrogen and oxygen atoms in total. The Morgan fingerprint density at radius 3 is 2.60 bits per heavy atom. The molecule has 1 aliphatic rings. The van der Waals surface area contributed by atoms with E-state index in [1.54, 1.807) is 0 Å². The van der Waals surface area contributed by atoms with Gasteiger partial charge in [0, 0.05) is 6.54 Å². The van der Waals surface area contributed by atoms with Crippen LogP contribution in [0.4, 0.5) is 0 Å². The normalized spacial score (nSPS) is 24.9. The highest BCUT2D eigenvalue weighted by Crippen LogP contribution is 2.25. The highest BCUT2D eigenvalue weighted by atomic mass is 14.9. The third-order valence-electron chi connectivity index (χ3n) is 1.74. The molecule has 1 aliphatic heterocycles. The Labute approximate surface area is 63.5 Å². The molecule has 1 N–H and O–H groups in total. The predicted molar refractivity (Wildman–Crippen MR) is 44.7 cm³/mol. The van der Waals surface area contributed by atoms with Crippen molar-refractivity contribution in [3.8, 4) is 0 Å². The van der Waals surface area contributed by atoms with Crippen LogP contribution in [0.3, 0.4) is 0 Å². The standard InChI is InChI=1S/C9H17N/c1-9(2,3)6-8-4-5-10-7-8/h4-5,8,10H,6-7H2,1-3H3. The van der Waals surface area contributed by atoms with Crippen molar-refractivity contribution >= 4 is 0 Å². The Kier molecular flexibility index (Phi) is 2.02. The molecule has 0 radical (unpaired) electrons. The van der Waals surface area contributed by atoms with E-state index in [4.69, 9.17) is 0 Å². The Morgan fingerprint density at radius 2 is 2.20 bits per heavy atom. The first-order valence-corrected chi connectivity index (χ1v) is 3.98. The molecular formula is C9H17N. The molecule has 10 heavy (non-hydrogen) atoms. The summed E-state index contributed by atoms with van der Waals surface area (Å²) in [5.74, 6) is 0.764. The second kappa shape index (κ2) is 2.65. The highest BCUT2D eigenvalue weighted by Gasteiger charge is 2.17. The molecule has 0 spiro atoms. The van der Waals surface area contributed by atoms with E-state index in [0.29, 0.717) is 5.41 Å². The summed E-state index contributed by atoms with van der Waals surface area (Å²) >= 11 is 0. The zero-order chi connectivity index (χ0) is 7.61. The maximum Gasteiger partial charge on any atom is 0.0205 e. The third-order valence-corrected chi connectivity index (χ3v) is 1.74. The topological polar surface area (TPSA) is 12.0 Å². The van der Waals surface area contributed by atoms with Crippen molar-refractivity contribution < 1.29 is 0 Å². The van der Waals surface area contributed by atoms with Gasteiger partial charge in [0.1, 0.15) is 0 Å². The molecule has 1 heteroatoms. The number of nitrogens with one attached hydrogen (secondary N) is 1. The lowest BCUT2D eigenvalue weighted by Crippen LogP contribution is -2.16. The first-order valence-electron chi connectivity index (χ1n) is 3.98. The van der Waals surface area contributed by atoms with E-state index in [1.807, 2.05) is 0 Å². The van der Waals surface area contributed by atoms with Gasteiger partial charge in [0.05, 0.1) is 0 Å². The van der Waals surface area contributed by atoms with Crippen LogP contribution in [0.1, 0.15) is 27.2 Å². The second-order valence-corrected chi connectivity index (χ2v) is 4.29. The van der Waals surface area contributed by atoms with E-state index in [-0.39, 0.29) is 0 Å². The average molecular weight is 139 g/mol. The lowest BCUT2D eigenvalue weighted by Gasteiger charge is -2.21. The van der Waals surface area contributed by atoms with Crippen molar-refractivity contribution in [3.63, 3.8) is 0 Å². The summed E-state index contributed by atoms with van der Waals surface area (Å²) in [5, 5.41) is 3.21. The van der Waals surface area contributed by atoms with Crippen LogP contribution in [0, 0.1) is 11.3 Å². The molecule has 1 unspecified atom stereocenters. The molecule has 0 aromatic carbocycles. The van der Waals surface area contributed by atoms with Crippen molar-refractivity contribution in [3.05, 3.63) is 12.3 Å². The Hall–Kier alpha value is -0.460. The Balaban J connectivity index is 2.31. The van der Waals surface area contributed by atoms with E-state index < -0.39 is 0 Å². The van der Waals surface area contributed by atoms with Crippen LogP contribution in [0.25, 0.3) is 0 Å². The number of hydrogen-bond acceptors (Lipinski definition) is 1. The first kappa shape index (κ1) is 7.64. The minimum absolute atomic E-state index is 0.473. The first-order chi connectivity index (χ1) is 4.58. The summed E-state index contributed by atoms with van der Waals surface area (Å²) in [6.07, 6.45) is 5.62. The molecular weight excluding hydrogens is 122 g/mol. The molecule has 0 bridgehead atoms. The summed E-state index contributed by atoms with van der Waals surface area (Å²) in [6.45, 7) is 8.01. The van der Waals surface area contributed by atoms with Crippen molar-refractivity contribution in [1.82, 2.24) is 5.32 Å². The molecule has 0 fully saturated rings. The fourth-order valence-electron chi connectivity index (χ4n) is 1.42. The van der Waals surface area contributed by atoms with Crippen LogP contribution in [0.2, 0.25) is 0 Å². The maximum atomic E-state index is 3.21. The van der Waals surface area contributed by atoms with Gasteiger partial charge in [-0.2, -0.15) is 0 Å². The maximum absolute atomic E-state index is 3.21. The fourth-order valence-corrected chi connectivity index (χ4v) is 1.42. The monoisotopic (exact) mass is 139 g/mol. The summed E-state index contributed by atoms with van der Waals surface area (Å²) < 4.78 is 0. The second-order valence-electron chi connectivity index (χ2n) is 4.29. The van der Waals surface area contributed by atoms with Gasteiger partial charge >= 0.3 is 0 Å². The van der Waals surface area contributed by atoms with Gasteiger partial charge in [0.2, 0.25) is 0 Å². The van der Waals surface area contributed by atoms with Gasteiger partial charge in [-0.25, -0.2) is 0 Å². The predicted octanol–water partition coefficient (Wildman–Crippen LogP) is 2.16. The van der Waals surface area contributed by atoms with Crippen molar-refractivity contribution in [2.24, 2.45) is 11.3 Å². The fraction of sp³-hybridized carbons (Fsp3) is 0.778. The SMILES string of the molecule is CC(C)(C)CC1C=CNC1. The summed E-state index contributed by atoms with van der Waals surface area (Å²) in [5.41, 5.74) is 0.473. The van der Waals surface area contributed by atoms with E-state index in [9.17, 15) is 0 Å². The van der Waals surface area contributed by atoms with Crippen LogP contribution >= 0.6 is 0 Å². The largest absolute Gasteiger partial charge is 0.391 e. The number of rotatable bonds is 1. The van der Waals surface area contributed by atoms with Crippen LogP contribution in [-0.4, -0.2) is 6.54 Å². The van der Waals surface area contributed by atoms with Crippen molar-refractivity contribution in [1.29, 1.82) is 0 Å². The zero-order valence-electron chi connectivity index (χ0n) is 7.15. The zero-order valence-corrected chi connectivity index (χ0v) is 7.15. The smallest absolute Gasteiger partial charge is 0.0205 e. The van der Waals surface area contributed by atoms with Gasteiger partial charge in [-0.1, -0.05) is 26.8 Å². The highest BCUT2D eigenvalue weighted by molar-refractivity contribution is 4.96. The Bertz CT molecular complexity index is 130. The molecule has 0 saturated heterocycles. The summed E-state index contributed by atoms with van der Waals surface area (Å²) in [6, 6.07) is 0. The van der Waals surface area contributed by atoms with Gasteiger partial charge in [0.15, 0.2) is 0 Å². The minimum atomic E-state index is 0.473. The van der Waals surface area contributed by atoms with Crippen LogP contribution < -0.4 is 5.32 Å².